The summed E-state index contributed by atoms with van der Waals surface area (Å²) in [6.45, 7) is 2.19. The molecule has 0 unspecified atom stereocenters. The van der Waals surface area contributed by atoms with Gasteiger partial charge in [-0.05, 0) is 11.1 Å². The number of rotatable bonds is 3. The van der Waals surface area contributed by atoms with Gasteiger partial charge in [0.15, 0.2) is 0 Å². The molecule has 0 nitrogen and oxygen atoms in total. The van der Waals surface area contributed by atoms with Gasteiger partial charge in [-0.2, -0.15) is 0 Å². The molecule has 2 aromatic rings. The summed E-state index contributed by atoms with van der Waals surface area (Å²) in [7, 11) is 0. The summed E-state index contributed by atoms with van der Waals surface area (Å²) in [5.74, 6) is 0.584. The van der Waals surface area contributed by atoms with E-state index in [2.05, 4.69) is 55.5 Å². The number of halogens is 1. The van der Waals surface area contributed by atoms with E-state index >= 15 is 0 Å². The van der Waals surface area contributed by atoms with Gasteiger partial charge in [-0.1, -0.05) is 67.6 Å². The number of hydrogen-bond donors (Lipinski definition) is 0. The van der Waals surface area contributed by atoms with Crippen LogP contribution >= 0.6 is 11.6 Å². The summed E-state index contributed by atoms with van der Waals surface area (Å²) in [5.41, 5.74) is 2.41. The van der Waals surface area contributed by atoms with Crippen molar-refractivity contribution >= 4 is 11.6 Å². The Morgan fingerprint density at radius 2 is 1.19 bits per heavy atom. The van der Waals surface area contributed by atoms with E-state index in [1.54, 1.807) is 0 Å². The molecule has 0 saturated carbocycles. The number of hydrogen-bond acceptors (Lipinski definition) is 0. The minimum absolute atomic E-state index is 0.107. The van der Waals surface area contributed by atoms with Gasteiger partial charge in [0.05, 0.1) is 0 Å². The van der Waals surface area contributed by atoms with Crippen LogP contribution < -0.4 is 0 Å². The lowest BCUT2D eigenvalue weighted by Gasteiger charge is -2.28. The fourth-order valence-electron chi connectivity index (χ4n) is 1.93. The normalized spacial score (nSPS) is 11.4. The van der Waals surface area contributed by atoms with Gasteiger partial charge in [0.1, 0.15) is 0 Å². The van der Waals surface area contributed by atoms with Crippen molar-refractivity contribution < 1.29 is 0 Å². The number of benzene rings is 2. The van der Waals surface area contributed by atoms with Crippen molar-refractivity contribution in [1.82, 2.24) is 0 Å². The zero-order valence-electron chi connectivity index (χ0n) is 9.36. The highest BCUT2D eigenvalue weighted by molar-refractivity contribution is 6.19. The van der Waals surface area contributed by atoms with Crippen LogP contribution in [0.2, 0.25) is 0 Å². The maximum Gasteiger partial charge on any atom is 0.0358 e. The Morgan fingerprint density at radius 3 is 1.50 bits per heavy atom. The van der Waals surface area contributed by atoms with Gasteiger partial charge in [-0.15, -0.1) is 11.6 Å². The summed E-state index contributed by atoms with van der Waals surface area (Å²) < 4.78 is 0. The topological polar surface area (TPSA) is 0 Å². The van der Waals surface area contributed by atoms with E-state index in [1.807, 2.05) is 12.1 Å². The average molecular weight is 231 g/mol. The average Bonchev–Trinajstić information content (AvgIpc) is 2.40. The van der Waals surface area contributed by atoms with Gasteiger partial charge >= 0.3 is 0 Å². The van der Waals surface area contributed by atoms with Crippen molar-refractivity contribution in [3.8, 4) is 0 Å². The molecule has 0 radical (unpaired) electrons. The standard InChI is InChI=1S/C15H15Cl/c1-15(12-16,13-8-4-2-5-9-13)14-10-6-3-7-11-14/h2-11H,12H2,1H3. The molecule has 0 heterocycles. The van der Waals surface area contributed by atoms with E-state index in [4.69, 9.17) is 11.6 Å². The Hall–Kier alpha value is -1.27. The van der Waals surface area contributed by atoms with Gasteiger partial charge in [0.25, 0.3) is 0 Å². The van der Waals surface area contributed by atoms with Gasteiger partial charge in [-0.25, -0.2) is 0 Å². The first-order valence-electron chi connectivity index (χ1n) is 5.44. The van der Waals surface area contributed by atoms with Crippen molar-refractivity contribution in [3.63, 3.8) is 0 Å². The molecule has 0 bridgehead atoms. The van der Waals surface area contributed by atoms with Crippen LogP contribution in [-0.2, 0) is 5.41 Å². The van der Waals surface area contributed by atoms with Gasteiger partial charge in [0, 0.05) is 11.3 Å². The minimum Gasteiger partial charge on any atom is -0.125 e. The van der Waals surface area contributed by atoms with Crippen LogP contribution in [0.4, 0.5) is 0 Å². The fraction of sp³-hybridized carbons (Fsp3) is 0.200. The molecule has 0 amide bonds. The molecule has 1 heteroatoms. The smallest absolute Gasteiger partial charge is 0.0358 e. The van der Waals surface area contributed by atoms with Gasteiger partial charge in [-0.3, -0.25) is 0 Å². The van der Waals surface area contributed by atoms with E-state index in [0.29, 0.717) is 5.88 Å². The van der Waals surface area contributed by atoms with E-state index in [9.17, 15) is 0 Å². The number of alkyl halides is 1. The first kappa shape index (κ1) is 11.2. The predicted molar refractivity (Wildman–Crippen MR) is 70.1 cm³/mol. The maximum absolute atomic E-state index is 6.18. The van der Waals surface area contributed by atoms with Crippen molar-refractivity contribution in [2.24, 2.45) is 0 Å². The molecule has 16 heavy (non-hydrogen) atoms. The van der Waals surface area contributed by atoms with Crippen molar-refractivity contribution in [2.45, 2.75) is 12.3 Å². The lowest BCUT2D eigenvalue weighted by Crippen LogP contribution is -2.25. The van der Waals surface area contributed by atoms with Crippen LogP contribution in [0.1, 0.15) is 18.1 Å². The maximum atomic E-state index is 6.18. The van der Waals surface area contributed by atoms with Crippen LogP contribution in [0.5, 0.6) is 0 Å². The summed E-state index contributed by atoms with van der Waals surface area (Å²) in [6.07, 6.45) is 0. The third kappa shape index (κ3) is 1.98. The molecular formula is C15H15Cl. The Bertz CT molecular complexity index is 394. The first-order chi connectivity index (χ1) is 7.77. The van der Waals surface area contributed by atoms with Crippen LogP contribution in [0, 0.1) is 0 Å². The van der Waals surface area contributed by atoms with Crippen molar-refractivity contribution in [2.75, 3.05) is 5.88 Å². The highest BCUT2D eigenvalue weighted by Gasteiger charge is 2.27. The van der Waals surface area contributed by atoms with E-state index in [-0.39, 0.29) is 5.41 Å². The molecule has 0 atom stereocenters. The molecule has 0 N–H and O–H groups in total. The van der Waals surface area contributed by atoms with E-state index in [0.717, 1.165) is 0 Å². The second kappa shape index (κ2) is 4.71. The third-order valence-corrected chi connectivity index (χ3v) is 3.62. The van der Waals surface area contributed by atoms with Gasteiger partial charge in [0.2, 0.25) is 0 Å². The summed E-state index contributed by atoms with van der Waals surface area (Å²) in [4.78, 5) is 0. The molecule has 2 aromatic carbocycles. The Morgan fingerprint density at radius 1 is 0.812 bits per heavy atom. The van der Waals surface area contributed by atoms with E-state index in [1.165, 1.54) is 11.1 Å². The SMILES string of the molecule is CC(CCl)(c1ccccc1)c1ccccc1. The molecular weight excluding hydrogens is 216 g/mol. The van der Waals surface area contributed by atoms with Crippen LogP contribution in [0.15, 0.2) is 60.7 Å². The highest BCUT2D eigenvalue weighted by Crippen LogP contribution is 2.32. The van der Waals surface area contributed by atoms with Crippen molar-refractivity contribution in [3.05, 3.63) is 71.8 Å². The second-order valence-corrected chi connectivity index (χ2v) is 4.47. The summed E-state index contributed by atoms with van der Waals surface area (Å²) in [6, 6.07) is 20.8. The van der Waals surface area contributed by atoms with Gasteiger partial charge < -0.3 is 0 Å². The molecule has 0 saturated heterocycles. The lowest BCUT2D eigenvalue weighted by atomic mass is 9.78. The Balaban J connectivity index is 2.49. The fourth-order valence-corrected chi connectivity index (χ4v) is 2.24. The quantitative estimate of drug-likeness (QED) is 0.693. The largest absolute Gasteiger partial charge is 0.125 e. The molecule has 0 fully saturated rings. The molecule has 0 aliphatic heterocycles. The highest BCUT2D eigenvalue weighted by atomic mass is 35.5. The second-order valence-electron chi connectivity index (χ2n) is 4.20. The summed E-state index contributed by atoms with van der Waals surface area (Å²) in [5, 5.41) is 0. The Kier molecular flexibility index (Phi) is 3.31. The summed E-state index contributed by atoms with van der Waals surface area (Å²) >= 11 is 6.18. The molecule has 0 aromatic heterocycles. The third-order valence-electron chi connectivity index (χ3n) is 3.09. The molecule has 82 valence electrons. The molecule has 2 rings (SSSR count). The van der Waals surface area contributed by atoms with Crippen molar-refractivity contribution in [1.29, 1.82) is 0 Å². The van der Waals surface area contributed by atoms with Crippen LogP contribution in [-0.4, -0.2) is 5.88 Å². The minimum atomic E-state index is -0.107. The van der Waals surface area contributed by atoms with E-state index < -0.39 is 0 Å². The molecule has 0 aliphatic rings. The monoisotopic (exact) mass is 230 g/mol. The molecule has 0 spiro atoms. The zero-order chi connectivity index (χ0) is 11.4. The lowest BCUT2D eigenvalue weighted by molar-refractivity contribution is 0.649. The molecule has 0 aliphatic carbocycles. The predicted octanol–water partition coefficient (Wildman–Crippen LogP) is 4.23. The Labute approximate surface area is 102 Å². The van der Waals surface area contributed by atoms with Crippen LogP contribution in [0.25, 0.3) is 0 Å². The zero-order valence-corrected chi connectivity index (χ0v) is 10.1. The van der Waals surface area contributed by atoms with Crippen LogP contribution in [0.3, 0.4) is 0 Å². The first-order valence-corrected chi connectivity index (χ1v) is 5.98.